The van der Waals surface area contributed by atoms with Crippen molar-refractivity contribution in [2.75, 3.05) is 7.11 Å². The van der Waals surface area contributed by atoms with Gasteiger partial charge in [-0.2, -0.15) is 0 Å². The summed E-state index contributed by atoms with van der Waals surface area (Å²) in [4.78, 5) is -0.254. The maximum Gasteiger partial charge on any atom is 0.241 e. The SMILES string of the molecule is COC1CCCC1NS(=O)(=O)c1cc(F)c(Cl)c(CO)c1. The molecule has 2 unspecified atom stereocenters. The zero-order valence-electron chi connectivity index (χ0n) is 11.5. The van der Waals surface area contributed by atoms with Gasteiger partial charge < -0.3 is 9.84 Å². The molecule has 1 aromatic carbocycles. The van der Waals surface area contributed by atoms with E-state index >= 15 is 0 Å². The molecule has 2 N–H and O–H groups in total. The first-order valence-electron chi connectivity index (χ1n) is 6.53. The maximum absolute atomic E-state index is 13.7. The number of rotatable bonds is 5. The van der Waals surface area contributed by atoms with E-state index in [1.54, 1.807) is 0 Å². The molecular formula is C13H17ClFNO4S. The monoisotopic (exact) mass is 337 g/mol. The Morgan fingerprint density at radius 2 is 2.19 bits per heavy atom. The minimum atomic E-state index is -3.90. The molecule has 8 heteroatoms. The molecule has 2 rings (SSSR count). The molecule has 21 heavy (non-hydrogen) atoms. The molecule has 1 aliphatic carbocycles. The fraction of sp³-hybridized carbons (Fsp3) is 0.538. The molecule has 1 saturated carbocycles. The standard InChI is InChI=1S/C13H17ClFNO4S/c1-20-12-4-2-3-11(12)16-21(18,19)9-5-8(7-17)13(14)10(15)6-9/h5-6,11-12,16-17H,2-4,7H2,1H3. The van der Waals surface area contributed by atoms with E-state index in [2.05, 4.69) is 4.72 Å². The lowest BCUT2D eigenvalue weighted by Gasteiger charge is -2.20. The summed E-state index contributed by atoms with van der Waals surface area (Å²) in [7, 11) is -2.37. The predicted molar refractivity (Wildman–Crippen MR) is 76.1 cm³/mol. The summed E-state index contributed by atoms with van der Waals surface area (Å²) in [5, 5.41) is 8.84. The van der Waals surface area contributed by atoms with Crippen molar-refractivity contribution in [3.63, 3.8) is 0 Å². The normalized spacial score (nSPS) is 22.7. The van der Waals surface area contributed by atoms with Gasteiger partial charge in [-0.3, -0.25) is 0 Å². The lowest BCUT2D eigenvalue weighted by atomic mass is 10.2. The van der Waals surface area contributed by atoms with E-state index in [-0.39, 0.29) is 27.6 Å². The highest BCUT2D eigenvalue weighted by atomic mass is 35.5. The zero-order chi connectivity index (χ0) is 15.6. The van der Waals surface area contributed by atoms with E-state index in [4.69, 9.17) is 21.4 Å². The number of aliphatic hydroxyl groups excluding tert-OH is 1. The molecule has 0 aromatic heterocycles. The molecule has 1 aliphatic rings. The van der Waals surface area contributed by atoms with Gasteiger partial charge in [-0.25, -0.2) is 17.5 Å². The minimum absolute atomic E-state index is 0.0340. The number of aliphatic hydroxyl groups is 1. The Balaban J connectivity index is 2.29. The Labute approximate surface area is 128 Å². The van der Waals surface area contributed by atoms with Crippen molar-refractivity contribution >= 4 is 21.6 Å². The van der Waals surface area contributed by atoms with Crippen LogP contribution in [0.2, 0.25) is 5.02 Å². The fourth-order valence-electron chi connectivity index (χ4n) is 2.50. The summed E-state index contributed by atoms with van der Waals surface area (Å²) in [5.41, 5.74) is 0.0340. The molecule has 5 nitrogen and oxygen atoms in total. The first kappa shape index (κ1) is 16.6. The number of hydrogen-bond acceptors (Lipinski definition) is 4. The van der Waals surface area contributed by atoms with E-state index < -0.39 is 22.4 Å². The number of hydrogen-bond donors (Lipinski definition) is 2. The topological polar surface area (TPSA) is 75.6 Å². The number of sulfonamides is 1. The zero-order valence-corrected chi connectivity index (χ0v) is 13.0. The Morgan fingerprint density at radius 1 is 1.48 bits per heavy atom. The van der Waals surface area contributed by atoms with E-state index in [1.807, 2.05) is 0 Å². The number of halogens is 2. The van der Waals surface area contributed by atoms with E-state index in [0.29, 0.717) is 6.42 Å². The van der Waals surface area contributed by atoms with Gasteiger partial charge in [-0.15, -0.1) is 0 Å². The first-order valence-corrected chi connectivity index (χ1v) is 8.39. The van der Waals surface area contributed by atoms with Gasteiger partial charge in [0.05, 0.1) is 22.6 Å². The van der Waals surface area contributed by atoms with Crippen LogP contribution < -0.4 is 4.72 Å². The lowest BCUT2D eigenvalue weighted by molar-refractivity contribution is 0.0916. The molecule has 0 bridgehead atoms. The van der Waals surface area contributed by atoms with Crippen LogP contribution in [-0.2, 0) is 21.4 Å². The molecule has 1 fully saturated rings. The van der Waals surface area contributed by atoms with Crippen molar-refractivity contribution in [2.45, 2.75) is 42.9 Å². The summed E-state index contributed by atoms with van der Waals surface area (Å²) in [6.45, 7) is -0.538. The molecule has 0 radical (unpaired) electrons. The third kappa shape index (κ3) is 3.54. The number of benzene rings is 1. The van der Waals surface area contributed by atoms with Gasteiger partial charge in [0, 0.05) is 18.7 Å². The van der Waals surface area contributed by atoms with Crippen molar-refractivity contribution in [3.8, 4) is 0 Å². The molecule has 0 aliphatic heterocycles. The second-order valence-electron chi connectivity index (χ2n) is 4.97. The fourth-order valence-corrected chi connectivity index (χ4v) is 4.03. The highest BCUT2D eigenvalue weighted by Crippen LogP contribution is 2.27. The van der Waals surface area contributed by atoms with Gasteiger partial charge in [0.2, 0.25) is 10.0 Å². The highest BCUT2D eigenvalue weighted by molar-refractivity contribution is 7.89. The summed E-state index contributed by atoms with van der Waals surface area (Å²) in [6.07, 6.45) is 2.12. The van der Waals surface area contributed by atoms with Crippen LogP contribution in [0.3, 0.4) is 0 Å². The average molecular weight is 338 g/mol. The predicted octanol–water partition coefficient (Wildman–Crippen LogP) is 1.82. The Kier molecular flexibility index (Phi) is 5.21. The number of methoxy groups -OCH3 is 1. The molecule has 0 heterocycles. The van der Waals surface area contributed by atoms with Crippen molar-refractivity contribution < 1.29 is 22.7 Å². The third-order valence-corrected chi connectivity index (χ3v) is 5.51. The van der Waals surface area contributed by atoms with Crippen molar-refractivity contribution in [1.29, 1.82) is 0 Å². The maximum atomic E-state index is 13.7. The third-order valence-electron chi connectivity index (χ3n) is 3.62. The van der Waals surface area contributed by atoms with Crippen LogP contribution >= 0.6 is 11.6 Å². The van der Waals surface area contributed by atoms with Crippen LogP contribution in [0.25, 0.3) is 0 Å². The molecule has 0 amide bonds. The van der Waals surface area contributed by atoms with Crippen LogP contribution in [0.1, 0.15) is 24.8 Å². The van der Waals surface area contributed by atoms with E-state index in [9.17, 15) is 12.8 Å². The Morgan fingerprint density at radius 3 is 2.81 bits per heavy atom. The van der Waals surface area contributed by atoms with Crippen LogP contribution in [-0.4, -0.2) is 32.8 Å². The van der Waals surface area contributed by atoms with Gasteiger partial charge >= 0.3 is 0 Å². The van der Waals surface area contributed by atoms with Crippen molar-refractivity contribution in [3.05, 3.63) is 28.5 Å². The molecule has 1 aromatic rings. The summed E-state index contributed by atoms with van der Waals surface area (Å²) in [6, 6.07) is 1.68. The summed E-state index contributed by atoms with van der Waals surface area (Å²) < 4.78 is 46.1. The highest BCUT2D eigenvalue weighted by Gasteiger charge is 2.31. The number of nitrogens with one attached hydrogen (secondary N) is 1. The average Bonchev–Trinajstić information content (AvgIpc) is 2.87. The van der Waals surface area contributed by atoms with Gasteiger partial charge in [-0.1, -0.05) is 11.6 Å². The second kappa shape index (κ2) is 6.58. The van der Waals surface area contributed by atoms with Gasteiger partial charge in [0.1, 0.15) is 5.82 Å². The van der Waals surface area contributed by atoms with E-state index in [1.165, 1.54) is 13.2 Å². The van der Waals surface area contributed by atoms with Gasteiger partial charge in [-0.05, 0) is 31.4 Å². The molecule has 0 spiro atoms. The van der Waals surface area contributed by atoms with Crippen LogP contribution in [0, 0.1) is 5.82 Å². The largest absolute Gasteiger partial charge is 0.392 e. The summed E-state index contributed by atoms with van der Waals surface area (Å²) >= 11 is 5.66. The molecular weight excluding hydrogens is 321 g/mol. The Bertz CT molecular complexity index is 623. The second-order valence-corrected chi connectivity index (χ2v) is 7.06. The molecule has 0 saturated heterocycles. The minimum Gasteiger partial charge on any atom is -0.392 e. The van der Waals surface area contributed by atoms with Crippen LogP contribution in [0.5, 0.6) is 0 Å². The van der Waals surface area contributed by atoms with Crippen molar-refractivity contribution in [2.24, 2.45) is 0 Å². The van der Waals surface area contributed by atoms with Gasteiger partial charge in [0.25, 0.3) is 0 Å². The van der Waals surface area contributed by atoms with E-state index in [0.717, 1.165) is 18.9 Å². The Hall–Kier alpha value is -0.730. The first-order chi connectivity index (χ1) is 9.89. The van der Waals surface area contributed by atoms with Crippen molar-refractivity contribution in [1.82, 2.24) is 4.72 Å². The smallest absolute Gasteiger partial charge is 0.241 e. The number of ether oxygens (including phenoxy) is 1. The molecule has 118 valence electrons. The quantitative estimate of drug-likeness (QED) is 0.859. The van der Waals surface area contributed by atoms with Crippen LogP contribution in [0.4, 0.5) is 4.39 Å². The molecule has 2 atom stereocenters. The van der Waals surface area contributed by atoms with Crippen LogP contribution in [0.15, 0.2) is 17.0 Å². The lowest BCUT2D eigenvalue weighted by Crippen LogP contribution is -2.40. The van der Waals surface area contributed by atoms with Gasteiger partial charge in [0.15, 0.2) is 0 Å². The summed E-state index contributed by atoms with van der Waals surface area (Å²) in [5.74, 6) is -0.877.